The van der Waals surface area contributed by atoms with E-state index in [4.69, 9.17) is 0 Å². The van der Waals surface area contributed by atoms with E-state index in [1.54, 1.807) is 11.3 Å². The summed E-state index contributed by atoms with van der Waals surface area (Å²) < 4.78 is 2.37. The summed E-state index contributed by atoms with van der Waals surface area (Å²) in [7, 11) is 0. The molecule has 5 rings (SSSR count). The molecule has 0 N–H and O–H groups in total. The molecule has 3 aromatic rings. The number of aromatic nitrogens is 1. The van der Waals surface area contributed by atoms with Crippen LogP contribution in [-0.2, 0) is 16.8 Å². The normalized spacial score (nSPS) is 17.3. The molecule has 1 fully saturated rings. The van der Waals surface area contributed by atoms with Gasteiger partial charge in [-0.25, -0.2) is 0 Å². The van der Waals surface area contributed by atoms with E-state index >= 15 is 0 Å². The number of piperidine rings is 1. The van der Waals surface area contributed by atoms with Gasteiger partial charge in [-0.2, -0.15) is 0 Å². The van der Waals surface area contributed by atoms with Gasteiger partial charge in [-0.1, -0.05) is 12.1 Å². The van der Waals surface area contributed by atoms with Gasteiger partial charge < -0.3 is 14.4 Å². The van der Waals surface area contributed by atoms with Crippen molar-refractivity contribution in [3.05, 3.63) is 70.2 Å². The number of anilines is 1. The van der Waals surface area contributed by atoms with E-state index in [1.165, 1.54) is 22.6 Å². The first-order chi connectivity index (χ1) is 14.1. The standard InChI is InChI=1S/C24H27N3OS/c1-3-27-21-16-18(2)8-9-20(21)26-12-4-7-22(26)24(27)10-13-25(14-11-24)23(28)17-19-6-5-15-29-19/h4-9,12,15-16H,3,10-11,13-14,17H2,1-2H3. The average molecular weight is 406 g/mol. The lowest BCUT2D eigenvalue weighted by Crippen LogP contribution is -2.57. The summed E-state index contributed by atoms with van der Waals surface area (Å²) in [6.07, 6.45) is 4.65. The first-order valence-corrected chi connectivity index (χ1v) is 11.4. The van der Waals surface area contributed by atoms with Crippen LogP contribution in [0.4, 0.5) is 5.69 Å². The fourth-order valence-corrected chi connectivity index (χ4v) is 5.89. The number of hydrogen-bond acceptors (Lipinski definition) is 3. The number of aryl methyl sites for hydroxylation is 1. The summed E-state index contributed by atoms with van der Waals surface area (Å²) in [6, 6.07) is 15.3. The molecule has 0 saturated carbocycles. The topological polar surface area (TPSA) is 28.5 Å². The Balaban J connectivity index is 1.45. The van der Waals surface area contributed by atoms with Crippen molar-refractivity contribution in [2.45, 2.75) is 38.6 Å². The van der Waals surface area contributed by atoms with Crippen molar-refractivity contribution in [1.82, 2.24) is 9.47 Å². The van der Waals surface area contributed by atoms with Gasteiger partial charge in [0.05, 0.1) is 23.3 Å². The summed E-state index contributed by atoms with van der Waals surface area (Å²) in [6.45, 7) is 7.00. The van der Waals surface area contributed by atoms with Gasteiger partial charge in [0.25, 0.3) is 0 Å². The van der Waals surface area contributed by atoms with Crippen molar-refractivity contribution in [3.8, 4) is 5.69 Å². The van der Waals surface area contributed by atoms with Gasteiger partial charge in [0.2, 0.25) is 5.91 Å². The van der Waals surface area contributed by atoms with Crippen molar-refractivity contribution in [1.29, 1.82) is 0 Å². The van der Waals surface area contributed by atoms with Gasteiger partial charge >= 0.3 is 0 Å². The Labute approximate surface area is 176 Å². The fourth-order valence-electron chi connectivity index (χ4n) is 5.19. The van der Waals surface area contributed by atoms with E-state index in [2.05, 4.69) is 70.8 Å². The first-order valence-electron chi connectivity index (χ1n) is 10.5. The van der Waals surface area contributed by atoms with Crippen molar-refractivity contribution >= 4 is 22.9 Å². The second kappa shape index (κ2) is 7.06. The molecule has 0 radical (unpaired) electrons. The summed E-state index contributed by atoms with van der Waals surface area (Å²) in [4.78, 5) is 18.7. The summed E-state index contributed by atoms with van der Waals surface area (Å²) in [5.41, 5.74) is 5.19. The van der Waals surface area contributed by atoms with Gasteiger partial charge in [0, 0.05) is 36.4 Å². The molecule has 4 heterocycles. The van der Waals surface area contributed by atoms with E-state index in [-0.39, 0.29) is 11.4 Å². The number of amides is 1. The highest BCUT2D eigenvalue weighted by Crippen LogP contribution is 2.48. The molecule has 1 spiro atoms. The van der Waals surface area contributed by atoms with Gasteiger partial charge in [-0.3, -0.25) is 4.79 Å². The first kappa shape index (κ1) is 18.5. The van der Waals surface area contributed by atoms with Crippen LogP contribution in [0.3, 0.4) is 0 Å². The minimum absolute atomic E-state index is 0.0429. The smallest absolute Gasteiger partial charge is 0.227 e. The number of fused-ring (bicyclic) bond motifs is 4. The zero-order chi connectivity index (χ0) is 20.0. The van der Waals surface area contributed by atoms with Crippen molar-refractivity contribution in [2.24, 2.45) is 0 Å². The molecule has 1 saturated heterocycles. The maximum atomic E-state index is 12.8. The average Bonchev–Trinajstić information content (AvgIpc) is 3.41. The Morgan fingerprint density at radius 3 is 2.66 bits per heavy atom. The van der Waals surface area contributed by atoms with Crippen LogP contribution < -0.4 is 4.90 Å². The molecule has 0 aliphatic carbocycles. The molecular formula is C24H27N3OS. The van der Waals surface area contributed by atoms with Crippen LogP contribution in [0.1, 0.15) is 35.9 Å². The zero-order valence-corrected chi connectivity index (χ0v) is 17.9. The number of carbonyl (C=O) groups is 1. The molecule has 2 aromatic heterocycles. The molecule has 5 heteroatoms. The second-order valence-electron chi connectivity index (χ2n) is 8.17. The van der Waals surface area contributed by atoms with E-state index in [9.17, 15) is 4.79 Å². The Bertz CT molecular complexity index is 1030. The monoisotopic (exact) mass is 405 g/mol. The van der Waals surface area contributed by atoms with Gasteiger partial charge in [-0.15, -0.1) is 11.3 Å². The number of nitrogens with zero attached hydrogens (tertiary/aromatic N) is 3. The van der Waals surface area contributed by atoms with E-state index < -0.39 is 0 Å². The number of carbonyl (C=O) groups excluding carboxylic acids is 1. The van der Waals surface area contributed by atoms with Crippen LogP contribution in [0.25, 0.3) is 5.69 Å². The van der Waals surface area contributed by atoms with Crippen LogP contribution in [0.5, 0.6) is 0 Å². The van der Waals surface area contributed by atoms with Crippen LogP contribution in [0.15, 0.2) is 54.0 Å². The Hall–Kier alpha value is -2.53. The fraction of sp³-hybridized carbons (Fsp3) is 0.375. The molecule has 1 aromatic carbocycles. The van der Waals surface area contributed by atoms with Gasteiger partial charge in [0.15, 0.2) is 0 Å². The van der Waals surface area contributed by atoms with Crippen molar-refractivity contribution in [2.75, 3.05) is 24.5 Å². The maximum absolute atomic E-state index is 12.8. The molecule has 0 unspecified atom stereocenters. The Morgan fingerprint density at radius 2 is 1.93 bits per heavy atom. The maximum Gasteiger partial charge on any atom is 0.227 e. The minimum Gasteiger partial charge on any atom is -0.359 e. The van der Waals surface area contributed by atoms with E-state index in [0.29, 0.717) is 6.42 Å². The highest BCUT2D eigenvalue weighted by Gasteiger charge is 2.46. The molecule has 0 atom stereocenters. The molecule has 4 nitrogen and oxygen atoms in total. The molecule has 2 aliphatic rings. The zero-order valence-electron chi connectivity index (χ0n) is 17.1. The SMILES string of the molecule is CCN1c2cc(C)ccc2-n2cccc2C12CCN(C(=O)Cc1cccs1)CC2. The van der Waals surface area contributed by atoms with Crippen LogP contribution in [0.2, 0.25) is 0 Å². The van der Waals surface area contributed by atoms with Gasteiger partial charge in [0.1, 0.15) is 0 Å². The predicted molar refractivity (Wildman–Crippen MR) is 119 cm³/mol. The number of thiophene rings is 1. The lowest BCUT2D eigenvalue weighted by atomic mass is 9.80. The van der Waals surface area contributed by atoms with Gasteiger partial charge in [-0.05, 0) is 68.0 Å². The summed E-state index contributed by atoms with van der Waals surface area (Å²) in [5, 5.41) is 2.04. The highest BCUT2D eigenvalue weighted by molar-refractivity contribution is 7.10. The molecule has 150 valence electrons. The van der Waals surface area contributed by atoms with E-state index in [1.807, 2.05) is 11.4 Å². The molecule has 1 amide bonds. The number of benzene rings is 1. The number of likely N-dealkylation sites (tertiary alicyclic amines) is 1. The lowest BCUT2D eigenvalue weighted by Gasteiger charge is -2.53. The second-order valence-corrected chi connectivity index (χ2v) is 9.20. The third kappa shape index (κ3) is 2.91. The van der Waals surface area contributed by atoms with E-state index in [0.717, 1.165) is 37.4 Å². The molecule has 0 bridgehead atoms. The van der Waals surface area contributed by atoms with Crippen molar-refractivity contribution in [3.63, 3.8) is 0 Å². The molecule has 2 aliphatic heterocycles. The predicted octanol–water partition coefficient (Wildman–Crippen LogP) is 4.75. The van der Waals surface area contributed by atoms with Crippen LogP contribution in [0, 0.1) is 6.92 Å². The largest absolute Gasteiger partial charge is 0.359 e. The Morgan fingerprint density at radius 1 is 1.10 bits per heavy atom. The van der Waals surface area contributed by atoms with Crippen LogP contribution >= 0.6 is 11.3 Å². The summed E-state index contributed by atoms with van der Waals surface area (Å²) in [5.74, 6) is 0.257. The molecular weight excluding hydrogens is 378 g/mol. The summed E-state index contributed by atoms with van der Waals surface area (Å²) >= 11 is 1.67. The quantitative estimate of drug-likeness (QED) is 0.629. The highest BCUT2D eigenvalue weighted by atomic mass is 32.1. The minimum atomic E-state index is -0.0429. The molecule has 29 heavy (non-hydrogen) atoms. The number of hydrogen-bond donors (Lipinski definition) is 0. The Kier molecular flexibility index (Phi) is 4.50. The number of rotatable bonds is 3. The third-order valence-corrected chi connectivity index (χ3v) is 7.46. The lowest BCUT2D eigenvalue weighted by molar-refractivity contribution is -0.132. The third-order valence-electron chi connectivity index (χ3n) is 6.59. The van der Waals surface area contributed by atoms with Crippen LogP contribution in [-0.4, -0.2) is 35.0 Å². The van der Waals surface area contributed by atoms with Crippen molar-refractivity contribution < 1.29 is 4.79 Å².